The Morgan fingerprint density at radius 2 is 1.74 bits per heavy atom. The van der Waals surface area contributed by atoms with Crippen molar-refractivity contribution in [1.29, 1.82) is 5.41 Å². The molecule has 0 spiro atoms. The Labute approximate surface area is 178 Å². The van der Waals surface area contributed by atoms with Crippen molar-refractivity contribution in [2.45, 2.75) is 6.18 Å². The third-order valence-electron chi connectivity index (χ3n) is 4.12. The fourth-order valence-corrected chi connectivity index (χ4v) is 2.83. The number of hydrogen-bond donors (Lipinski definition) is 3. The Bertz CT molecular complexity index is 1170. The second-order valence-electron chi connectivity index (χ2n) is 6.24. The minimum absolute atomic E-state index is 0.0484. The Morgan fingerprint density at radius 3 is 2.39 bits per heavy atom. The van der Waals surface area contributed by atoms with Crippen LogP contribution in [-0.4, -0.2) is 17.0 Å². The number of carboxylic acids is 1. The van der Waals surface area contributed by atoms with Gasteiger partial charge in [-0.1, -0.05) is 23.7 Å². The highest BCUT2D eigenvalue weighted by molar-refractivity contribution is 6.30. The molecule has 0 unspecified atom stereocenters. The SMILES string of the molecule is N=C(Oc1ccc(Cl)cc1C(F)(F)F)c1ccccc1Nc1ccc(C(=O)O)cc1F. The van der Waals surface area contributed by atoms with E-state index < -0.39 is 35.2 Å². The molecule has 0 bridgehead atoms. The van der Waals surface area contributed by atoms with E-state index in [0.29, 0.717) is 6.07 Å². The smallest absolute Gasteiger partial charge is 0.420 e. The van der Waals surface area contributed by atoms with Crippen molar-refractivity contribution in [2.24, 2.45) is 0 Å². The Balaban J connectivity index is 1.91. The van der Waals surface area contributed by atoms with Crippen molar-refractivity contribution in [3.63, 3.8) is 0 Å². The molecular formula is C21H13ClF4N2O3. The van der Waals surface area contributed by atoms with E-state index in [1.165, 1.54) is 36.4 Å². The number of carbonyl (C=O) groups is 1. The van der Waals surface area contributed by atoms with E-state index in [1.807, 2.05) is 0 Å². The number of aromatic carboxylic acids is 1. The first kappa shape index (κ1) is 22.1. The van der Waals surface area contributed by atoms with E-state index in [9.17, 15) is 22.4 Å². The molecule has 0 amide bonds. The molecule has 31 heavy (non-hydrogen) atoms. The lowest BCUT2D eigenvalue weighted by molar-refractivity contribution is -0.138. The van der Waals surface area contributed by atoms with Crippen molar-refractivity contribution in [3.8, 4) is 5.75 Å². The fraction of sp³-hybridized carbons (Fsp3) is 0.0476. The number of carboxylic acid groups (broad SMARTS) is 1. The maximum atomic E-state index is 14.2. The number of anilines is 2. The summed E-state index contributed by atoms with van der Waals surface area (Å²) in [6.45, 7) is 0. The molecule has 160 valence electrons. The van der Waals surface area contributed by atoms with Crippen molar-refractivity contribution in [1.82, 2.24) is 0 Å². The van der Waals surface area contributed by atoms with Gasteiger partial charge in [0, 0.05) is 5.02 Å². The maximum Gasteiger partial charge on any atom is 0.420 e. The molecule has 0 radical (unpaired) electrons. The van der Waals surface area contributed by atoms with Gasteiger partial charge in [0.1, 0.15) is 11.6 Å². The van der Waals surface area contributed by atoms with Crippen LogP contribution >= 0.6 is 11.6 Å². The molecule has 0 aliphatic heterocycles. The molecule has 0 aliphatic carbocycles. The van der Waals surface area contributed by atoms with Gasteiger partial charge in [0.25, 0.3) is 0 Å². The van der Waals surface area contributed by atoms with Gasteiger partial charge in [-0.05, 0) is 48.5 Å². The van der Waals surface area contributed by atoms with Crippen molar-refractivity contribution >= 4 is 34.8 Å². The molecule has 0 heterocycles. The minimum atomic E-state index is -4.76. The number of hydrogen-bond acceptors (Lipinski definition) is 4. The monoisotopic (exact) mass is 452 g/mol. The van der Waals surface area contributed by atoms with Gasteiger partial charge in [-0.25, -0.2) is 9.18 Å². The lowest BCUT2D eigenvalue weighted by Crippen LogP contribution is -2.15. The minimum Gasteiger partial charge on any atom is -0.478 e. The molecule has 5 nitrogen and oxygen atoms in total. The summed E-state index contributed by atoms with van der Waals surface area (Å²) in [5.41, 5.74) is -1.28. The first-order valence-corrected chi connectivity index (χ1v) is 8.96. The van der Waals surface area contributed by atoms with E-state index >= 15 is 0 Å². The quantitative estimate of drug-likeness (QED) is 0.239. The second-order valence-corrected chi connectivity index (χ2v) is 6.68. The van der Waals surface area contributed by atoms with Gasteiger partial charge in [-0.3, -0.25) is 5.41 Å². The summed E-state index contributed by atoms with van der Waals surface area (Å²) in [4.78, 5) is 10.9. The van der Waals surface area contributed by atoms with E-state index in [4.69, 9.17) is 26.9 Å². The molecule has 3 aromatic carbocycles. The van der Waals surface area contributed by atoms with Gasteiger partial charge >= 0.3 is 12.1 Å². The Hall–Kier alpha value is -3.59. The summed E-state index contributed by atoms with van der Waals surface area (Å²) < 4.78 is 59.2. The largest absolute Gasteiger partial charge is 0.478 e. The number of nitrogens with one attached hydrogen (secondary N) is 2. The molecular weight excluding hydrogens is 440 g/mol. The van der Waals surface area contributed by atoms with Crippen LogP contribution in [0.3, 0.4) is 0 Å². The van der Waals surface area contributed by atoms with Crippen molar-refractivity contribution in [2.75, 3.05) is 5.32 Å². The summed E-state index contributed by atoms with van der Waals surface area (Å²) in [5.74, 6) is -3.41. The molecule has 3 rings (SSSR count). The van der Waals surface area contributed by atoms with Gasteiger partial charge in [0.05, 0.1) is 28.1 Å². The lowest BCUT2D eigenvalue weighted by atomic mass is 10.1. The van der Waals surface area contributed by atoms with Gasteiger partial charge in [0.15, 0.2) is 0 Å². The van der Waals surface area contributed by atoms with Gasteiger partial charge in [-0.2, -0.15) is 13.2 Å². The highest BCUT2D eigenvalue weighted by Crippen LogP contribution is 2.38. The predicted molar refractivity (Wildman–Crippen MR) is 107 cm³/mol. The van der Waals surface area contributed by atoms with Crippen molar-refractivity contribution < 1.29 is 32.2 Å². The van der Waals surface area contributed by atoms with Crippen LogP contribution in [0, 0.1) is 11.2 Å². The molecule has 0 atom stereocenters. The average molecular weight is 453 g/mol. The summed E-state index contributed by atoms with van der Waals surface area (Å²) in [6.07, 6.45) is -4.76. The summed E-state index contributed by atoms with van der Waals surface area (Å²) >= 11 is 5.65. The summed E-state index contributed by atoms with van der Waals surface area (Å²) in [6, 6.07) is 12.0. The third kappa shape index (κ3) is 5.13. The molecule has 10 heteroatoms. The predicted octanol–water partition coefficient (Wildman–Crippen LogP) is 6.34. The van der Waals surface area contributed by atoms with Crippen LogP contribution in [0.5, 0.6) is 5.75 Å². The van der Waals surface area contributed by atoms with E-state index in [2.05, 4.69) is 5.32 Å². The number of ether oxygens (including phenoxy) is 1. The van der Waals surface area contributed by atoms with Crippen LogP contribution in [0.25, 0.3) is 0 Å². The molecule has 0 saturated carbocycles. The van der Waals surface area contributed by atoms with E-state index in [-0.39, 0.29) is 27.5 Å². The topological polar surface area (TPSA) is 82.4 Å². The Morgan fingerprint density at radius 1 is 1.03 bits per heavy atom. The summed E-state index contributed by atoms with van der Waals surface area (Å²) in [5, 5.41) is 19.6. The van der Waals surface area contributed by atoms with E-state index in [0.717, 1.165) is 12.1 Å². The standard InChI is InChI=1S/C21H13ClF4N2O3/c22-12-6-8-18(14(10-12)21(24,25)26)31-19(27)13-3-1-2-4-16(13)28-17-7-5-11(20(29)30)9-15(17)23/h1-10,27-28H,(H,29,30). The zero-order valence-corrected chi connectivity index (χ0v) is 16.2. The molecule has 0 aliphatic rings. The first-order valence-electron chi connectivity index (χ1n) is 8.58. The van der Waals surface area contributed by atoms with Crippen LogP contribution < -0.4 is 10.1 Å². The number of rotatable bonds is 5. The summed E-state index contributed by atoms with van der Waals surface area (Å²) in [7, 11) is 0. The van der Waals surface area contributed by atoms with Gasteiger partial charge in [0.2, 0.25) is 5.90 Å². The van der Waals surface area contributed by atoms with Gasteiger partial charge in [-0.15, -0.1) is 0 Å². The molecule has 0 saturated heterocycles. The maximum absolute atomic E-state index is 14.2. The number of alkyl halides is 3. The number of halogens is 5. The van der Waals surface area contributed by atoms with Crippen molar-refractivity contribution in [3.05, 3.63) is 88.2 Å². The fourth-order valence-electron chi connectivity index (χ4n) is 2.66. The van der Waals surface area contributed by atoms with Crippen LogP contribution in [0.1, 0.15) is 21.5 Å². The molecule has 0 aromatic heterocycles. The highest BCUT2D eigenvalue weighted by atomic mass is 35.5. The molecule has 3 N–H and O–H groups in total. The highest BCUT2D eigenvalue weighted by Gasteiger charge is 2.35. The third-order valence-corrected chi connectivity index (χ3v) is 4.35. The van der Waals surface area contributed by atoms with Gasteiger partial charge < -0.3 is 15.2 Å². The second kappa shape index (κ2) is 8.65. The van der Waals surface area contributed by atoms with Crippen LogP contribution in [0.4, 0.5) is 28.9 Å². The average Bonchev–Trinajstić information content (AvgIpc) is 2.70. The lowest BCUT2D eigenvalue weighted by Gasteiger charge is -2.17. The molecule has 0 fully saturated rings. The van der Waals surface area contributed by atoms with E-state index in [1.54, 1.807) is 6.07 Å². The zero-order valence-electron chi connectivity index (χ0n) is 15.4. The van der Waals surface area contributed by atoms with Crippen LogP contribution in [0.2, 0.25) is 5.02 Å². The van der Waals surface area contributed by atoms with Crippen LogP contribution in [0.15, 0.2) is 60.7 Å². The van der Waals surface area contributed by atoms with Crippen LogP contribution in [-0.2, 0) is 6.18 Å². The first-order chi connectivity index (χ1) is 14.6. The zero-order chi connectivity index (χ0) is 22.8. The molecule has 3 aromatic rings. The number of benzene rings is 3. The number of para-hydroxylation sites is 1. The Kier molecular flexibility index (Phi) is 6.16. The normalized spacial score (nSPS) is 11.1.